The monoisotopic (exact) mass is 194 g/mol. The number of ether oxygens (including phenoxy) is 1. The molecular formula is C11H14O3. The van der Waals surface area contributed by atoms with Crippen molar-refractivity contribution >= 4 is 5.97 Å². The van der Waals surface area contributed by atoms with Crippen LogP contribution in [-0.4, -0.2) is 23.3 Å². The van der Waals surface area contributed by atoms with E-state index in [2.05, 4.69) is 5.92 Å². The number of aliphatic hydroxyl groups is 1. The van der Waals surface area contributed by atoms with Gasteiger partial charge in [-0.2, -0.15) is 0 Å². The molecule has 0 radical (unpaired) electrons. The number of rotatable bonds is 1. The van der Waals surface area contributed by atoms with Crippen LogP contribution in [0.4, 0.5) is 0 Å². The Morgan fingerprint density at radius 2 is 2.36 bits per heavy atom. The van der Waals surface area contributed by atoms with Crippen LogP contribution in [0.2, 0.25) is 0 Å². The van der Waals surface area contributed by atoms with Crippen molar-refractivity contribution in [3.05, 3.63) is 11.1 Å². The topological polar surface area (TPSA) is 46.5 Å². The normalized spacial score (nSPS) is 27.0. The van der Waals surface area contributed by atoms with E-state index < -0.39 is 6.10 Å². The fraction of sp³-hybridized carbons (Fsp3) is 0.545. The molecule has 14 heavy (non-hydrogen) atoms. The number of aliphatic hydroxyl groups excluding tert-OH is 1. The second-order valence-corrected chi connectivity index (χ2v) is 3.50. The van der Waals surface area contributed by atoms with Gasteiger partial charge in [0.1, 0.15) is 6.10 Å². The van der Waals surface area contributed by atoms with Gasteiger partial charge in [-0.05, 0) is 12.5 Å². The predicted molar refractivity (Wildman–Crippen MR) is 52.3 cm³/mol. The smallest absolute Gasteiger partial charge is 0.303 e. The molecule has 0 heterocycles. The molecule has 0 spiro atoms. The number of carbonyl (C=O) groups is 1. The molecule has 0 saturated heterocycles. The van der Waals surface area contributed by atoms with Gasteiger partial charge < -0.3 is 9.84 Å². The van der Waals surface area contributed by atoms with Crippen molar-refractivity contribution in [1.82, 2.24) is 0 Å². The second kappa shape index (κ2) is 4.30. The van der Waals surface area contributed by atoms with E-state index >= 15 is 0 Å². The fourth-order valence-corrected chi connectivity index (χ4v) is 1.61. The summed E-state index contributed by atoms with van der Waals surface area (Å²) in [5.41, 5.74) is 1.63. The van der Waals surface area contributed by atoms with Crippen LogP contribution in [0.1, 0.15) is 26.7 Å². The summed E-state index contributed by atoms with van der Waals surface area (Å²) in [5, 5.41) is 9.49. The molecule has 0 amide bonds. The molecule has 2 atom stereocenters. The predicted octanol–water partition coefficient (Wildman–Crippen LogP) is 1.02. The Bertz CT molecular complexity index is 309. The first kappa shape index (κ1) is 10.8. The van der Waals surface area contributed by atoms with Gasteiger partial charge in [0.15, 0.2) is 0 Å². The highest BCUT2D eigenvalue weighted by Crippen LogP contribution is 2.26. The van der Waals surface area contributed by atoms with E-state index in [1.165, 1.54) is 6.92 Å². The zero-order valence-corrected chi connectivity index (χ0v) is 8.41. The first-order valence-corrected chi connectivity index (χ1v) is 4.56. The van der Waals surface area contributed by atoms with E-state index in [0.717, 1.165) is 11.1 Å². The molecule has 0 saturated carbocycles. The van der Waals surface area contributed by atoms with E-state index in [1.54, 1.807) is 0 Å². The van der Waals surface area contributed by atoms with Gasteiger partial charge in [0.25, 0.3) is 0 Å². The Morgan fingerprint density at radius 3 is 2.86 bits per heavy atom. The molecule has 0 fully saturated rings. The van der Waals surface area contributed by atoms with Gasteiger partial charge in [-0.25, -0.2) is 0 Å². The van der Waals surface area contributed by atoms with E-state index in [1.807, 2.05) is 6.92 Å². The van der Waals surface area contributed by atoms with E-state index in [-0.39, 0.29) is 12.1 Å². The van der Waals surface area contributed by atoms with Gasteiger partial charge in [-0.1, -0.05) is 5.92 Å². The molecule has 1 rings (SSSR count). The molecule has 0 aromatic rings. The SMILES string of the molecule is C#CC1=C(C)[C@@H](OC(C)=O)C[C@@H](O)C1. The Hall–Kier alpha value is -1.27. The summed E-state index contributed by atoms with van der Waals surface area (Å²) < 4.78 is 5.05. The Morgan fingerprint density at radius 1 is 1.71 bits per heavy atom. The average Bonchev–Trinajstić information content (AvgIpc) is 2.09. The van der Waals surface area contributed by atoms with Gasteiger partial charge in [0.05, 0.1) is 6.10 Å². The molecule has 0 aliphatic heterocycles. The van der Waals surface area contributed by atoms with Gasteiger partial charge in [-0.15, -0.1) is 6.42 Å². The number of terminal acetylenes is 1. The first-order valence-electron chi connectivity index (χ1n) is 4.56. The summed E-state index contributed by atoms with van der Waals surface area (Å²) in [6.45, 7) is 3.19. The van der Waals surface area contributed by atoms with Crippen LogP contribution < -0.4 is 0 Å². The standard InChI is InChI=1S/C11H14O3/c1-4-9-5-10(13)6-11(7(9)2)14-8(3)12/h1,10-11,13H,5-6H2,2-3H3/t10-,11-/m0/s1. The van der Waals surface area contributed by atoms with Crippen LogP contribution in [0.3, 0.4) is 0 Å². The lowest BCUT2D eigenvalue weighted by Crippen LogP contribution is -2.29. The minimum Gasteiger partial charge on any atom is -0.458 e. The van der Waals surface area contributed by atoms with Crippen molar-refractivity contribution < 1.29 is 14.6 Å². The highest BCUT2D eigenvalue weighted by Gasteiger charge is 2.26. The van der Waals surface area contributed by atoms with Gasteiger partial charge in [0, 0.05) is 25.3 Å². The maximum absolute atomic E-state index is 10.8. The zero-order valence-electron chi connectivity index (χ0n) is 8.41. The number of esters is 1. The molecule has 0 aromatic heterocycles. The third-order valence-electron chi connectivity index (χ3n) is 2.37. The van der Waals surface area contributed by atoms with Crippen LogP contribution in [0.25, 0.3) is 0 Å². The number of hydrogen-bond acceptors (Lipinski definition) is 3. The fourth-order valence-electron chi connectivity index (χ4n) is 1.61. The molecule has 3 nitrogen and oxygen atoms in total. The number of hydrogen-bond donors (Lipinski definition) is 1. The van der Waals surface area contributed by atoms with E-state index in [9.17, 15) is 9.90 Å². The third kappa shape index (κ3) is 2.36. The largest absolute Gasteiger partial charge is 0.458 e. The highest BCUT2D eigenvalue weighted by molar-refractivity contribution is 5.66. The minimum absolute atomic E-state index is 0.347. The third-order valence-corrected chi connectivity index (χ3v) is 2.37. The first-order chi connectivity index (χ1) is 6.54. The zero-order chi connectivity index (χ0) is 10.7. The number of carbonyl (C=O) groups excluding carboxylic acids is 1. The van der Waals surface area contributed by atoms with E-state index in [4.69, 9.17) is 11.2 Å². The van der Waals surface area contributed by atoms with E-state index in [0.29, 0.717) is 12.8 Å². The van der Waals surface area contributed by atoms with Crippen molar-refractivity contribution in [3.8, 4) is 12.3 Å². The minimum atomic E-state index is -0.505. The molecule has 0 unspecified atom stereocenters. The quantitative estimate of drug-likeness (QED) is 0.501. The van der Waals surface area contributed by atoms with Crippen molar-refractivity contribution in [2.24, 2.45) is 0 Å². The van der Waals surface area contributed by atoms with Crippen molar-refractivity contribution in [2.45, 2.75) is 38.9 Å². The average molecular weight is 194 g/mol. The molecule has 76 valence electrons. The second-order valence-electron chi connectivity index (χ2n) is 3.50. The summed E-state index contributed by atoms with van der Waals surface area (Å²) in [6.07, 6.45) is 5.35. The highest BCUT2D eigenvalue weighted by atomic mass is 16.5. The molecule has 1 aliphatic carbocycles. The van der Waals surface area contributed by atoms with Gasteiger partial charge in [-0.3, -0.25) is 4.79 Å². The molecule has 1 N–H and O–H groups in total. The molecular weight excluding hydrogens is 180 g/mol. The van der Waals surface area contributed by atoms with Crippen molar-refractivity contribution in [3.63, 3.8) is 0 Å². The van der Waals surface area contributed by atoms with Crippen LogP contribution in [0.15, 0.2) is 11.1 Å². The summed E-state index contributed by atoms with van der Waals surface area (Å²) in [4.78, 5) is 10.8. The Kier molecular flexibility index (Phi) is 3.32. The van der Waals surface area contributed by atoms with Crippen LogP contribution in [-0.2, 0) is 9.53 Å². The maximum Gasteiger partial charge on any atom is 0.303 e. The Labute approximate surface area is 83.8 Å². The van der Waals surface area contributed by atoms with Crippen LogP contribution in [0.5, 0.6) is 0 Å². The molecule has 1 aliphatic rings. The Balaban J connectivity index is 2.85. The van der Waals surface area contributed by atoms with Gasteiger partial charge >= 0.3 is 5.97 Å². The van der Waals surface area contributed by atoms with Crippen molar-refractivity contribution in [1.29, 1.82) is 0 Å². The van der Waals surface area contributed by atoms with Crippen LogP contribution >= 0.6 is 0 Å². The van der Waals surface area contributed by atoms with Crippen LogP contribution in [0, 0.1) is 12.3 Å². The molecule has 3 heteroatoms. The maximum atomic E-state index is 10.8. The summed E-state index contributed by atoms with van der Waals surface area (Å²) in [7, 11) is 0. The molecule has 0 aromatic carbocycles. The summed E-state index contributed by atoms with van der Waals surface area (Å²) in [5.74, 6) is 2.17. The lowest BCUT2D eigenvalue weighted by molar-refractivity contribution is -0.146. The lowest BCUT2D eigenvalue weighted by atomic mass is 9.89. The van der Waals surface area contributed by atoms with Gasteiger partial charge in [0.2, 0.25) is 0 Å². The molecule has 0 bridgehead atoms. The lowest BCUT2D eigenvalue weighted by Gasteiger charge is -2.27. The summed E-state index contributed by atoms with van der Waals surface area (Å²) in [6, 6.07) is 0. The summed E-state index contributed by atoms with van der Waals surface area (Å²) >= 11 is 0. The van der Waals surface area contributed by atoms with Crippen molar-refractivity contribution in [2.75, 3.05) is 0 Å².